The van der Waals surface area contributed by atoms with E-state index in [1.807, 2.05) is 19.1 Å². The lowest BCUT2D eigenvalue weighted by Gasteiger charge is -2.08. The van der Waals surface area contributed by atoms with Gasteiger partial charge in [0.25, 0.3) is 0 Å². The number of pyridine rings is 1. The van der Waals surface area contributed by atoms with Crippen LogP contribution in [0.1, 0.15) is 64.0 Å². The molecule has 0 aromatic carbocycles. The number of aromatic nitrogens is 1. The standard InChI is InChI=1S/C15H26N2O/c1-3-4-5-6-7-8-11-18-15-12-14(13(2)16)9-10-17-15/h9-10,12-13H,3-8,11,16H2,1-2H3/t13-/m1/s1. The summed E-state index contributed by atoms with van der Waals surface area (Å²) in [6.45, 7) is 4.95. The molecule has 0 fully saturated rings. The predicted molar refractivity (Wildman–Crippen MR) is 75.7 cm³/mol. The van der Waals surface area contributed by atoms with Gasteiger partial charge < -0.3 is 10.5 Å². The molecule has 0 unspecified atom stereocenters. The smallest absolute Gasteiger partial charge is 0.213 e. The van der Waals surface area contributed by atoms with E-state index in [2.05, 4.69) is 11.9 Å². The van der Waals surface area contributed by atoms with Crippen molar-refractivity contribution in [3.05, 3.63) is 23.9 Å². The molecular formula is C15H26N2O. The summed E-state index contributed by atoms with van der Waals surface area (Å²) in [7, 11) is 0. The highest BCUT2D eigenvalue weighted by Gasteiger charge is 2.02. The largest absolute Gasteiger partial charge is 0.478 e. The molecule has 1 aromatic heterocycles. The maximum absolute atomic E-state index is 5.82. The van der Waals surface area contributed by atoms with Crippen LogP contribution in [0, 0.1) is 0 Å². The quantitative estimate of drug-likeness (QED) is 0.677. The highest BCUT2D eigenvalue weighted by atomic mass is 16.5. The van der Waals surface area contributed by atoms with Gasteiger partial charge in [0.2, 0.25) is 5.88 Å². The molecule has 1 aromatic rings. The van der Waals surface area contributed by atoms with E-state index in [-0.39, 0.29) is 6.04 Å². The minimum Gasteiger partial charge on any atom is -0.478 e. The maximum Gasteiger partial charge on any atom is 0.213 e. The number of rotatable bonds is 9. The van der Waals surface area contributed by atoms with Gasteiger partial charge in [-0.1, -0.05) is 39.0 Å². The first-order valence-electron chi connectivity index (χ1n) is 7.08. The van der Waals surface area contributed by atoms with Gasteiger partial charge in [-0.3, -0.25) is 0 Å². The van der Waals surface area contributed by atoms with Crippen LogP contribution >= 0.6 is 0 Å². The molecule has 0 aliphatic rings. The summed E-state index contributed by atoms with van der Waals surface area (Å²) in [6, 6.07) is 3.90. The van der Waals surface area contributed by atoms with Crippen LogP contribution in [0.25, 0.3) is 0 Å². The fraction of sp³-hybridized carbons (Fsp3) is 0.667. The van der Waals surface area contributed by atoms with E-state index >= 15 is 0 Å². The Labute approximate surface area is 111 Å². The molecule has 0 saturated carbocycles. The summed E-state index contributed by atoms with van der Waals surface area (Å²) >= 11 is 0. The second-order valence-electron chi connectivity index (χ2n) is 4.83. The molecule has 0 aliphatic heterocycles. The summed E-state index contributed by atoms with van der Waals surface area (Å²) in [5.41, 5.74) is 6.89. The molecule has 18 heavy (non-hydrogen) atoms. The predicted octanol–water partition coefficient (Wildman–Crippen LogP) is 3.84. The van der Waals surface area contributed by atoms with Crippen molar-refractivity contribution >= 4 is 0 Å². The van der Waals surface area contributed by atoms with E-state index in [4.69, 9.17) is 10.5 Å². The van der Waals surface area contributed by atoms with E-state index < -0.39 is 0 Å². The van der Waals surface area contributed by atoms with Crippen molar-refractivity contribution in [3.63, 3.8) is 0 Å². The first kappa shape index (κ1) is 15.0. The van der Waals surface area contributed by atoms with Crippen LogP contribution in [0.5, 0.6) is 5.88 Å². The third-order valence-corrected chi connectivity index (χ3v) is 3.03. The topological polar surface area (TPSA) is 48.1 Å². The van der Waals surface area contributed by atoms with Gasteiger partial charge in [0.15, 0.2) is 0 Å². The van der Waals surface area contributed by atoms with Gasteiger partial charge in [0.05, 0.1) is 6.61 Å². The number of nitrogens with zero attached hydrogens (tertiary/aromatic N) is 1. The summed E-state index contributed by atoms with van der Waals surface area (Å²) in [4.78, 5) is 4.19. The molecule has 0 amide bonds. The van der Waals surface area contributed by atoms with Gasteiger partial charge in [0, 0.05) is 18.3 Å². The van der Waals surface area contributed by atoms with Crippen LogP contribution < -0.4 is 10.5 Å². The van der Waals surface area contributed by atoms with E-state index in [9.17, 15) is 0 Å². The van der Waals surface area contributed by atoms with Gasteiger partial charge in [-0.15, -0.1) is 0 Å². The maximum atomic E-state index is 5.82. The lowest BCUT2D eigenvalue weighted by atomic mass is 10.1. The molecule has 3 nitrogen and oxygen atoms in total. The SMILES string of the molecule is CCCCCCCCOc1cc([C@@H](C)N)ccn1. The molecule has 3 heteroatoms. The molecular weight excluding hydrogens is 224 g/mol. The Balaban J connectivity index is 2.17. The van der Waals surface area contributed by atoms with Crippen molar-refractivity contribution in [1.29, 1.82) is 0 Å². The Hall–Kier alpha value is -1.09. The zero-order valence-electron chi connectivity index (χ0n) is 11.7. The zero-order chi connectivity index (χ0) is 13.2. The third kappa shape index (κ3) is 6.01. The Kier molecular flexibility index (Phi) is 7.42. The Morgan fingerprint density at radius 2 is 1.94 bits per heavy atom. The minimum atomic E-state index is 0.0318. The number of unbranched alkanes of at least 4 members (excludes halogenated alkanes) is 5. The number of nitrogens with two attached hydrogens (primary N) is 1. The zero-order valence-corrected chi connectivity index (χ0v) is 11.7. The molecule has 0 saturated heterocycles. The molecule has 0 spiro atoms. The van der Waals surface area contributed by atoms with Gasteiger partial charge in [0.1, 0.15) is 0 Å². The van der Waals surface area contributed by atoms with Crippen LogP contribution in [0.15, 0.2) is 18.3 Å². The summed E-state index contributed by atoms with van der Waals surface area (Å²) in [6.07, 6.45) is 9.40. The van der Waals surface area contributed by atoms with Crippen molar-refractivity contribution in [2.45, 2.75) is 58.4 Å². The van der Waals surface area contributed by atoms with Crippen molar-refractivity contribution < 1.29 is 4.74 Å². The average molecular weight is 250 g/mol. The van der Waals surface area contributed by atoms with Gasteiger partial charge >= 0.3 is 0 Å². The fourth-order valence-corrected chi connectivity index (χ4v) is 1.85. The second kappa shape index (κ2) is 8.92. The second-order valence-corrected chi connectivity index (χ2v) is 4.83. The minimum absolute atomic E-state index is 0.0318. The van der Waals surface area contributed by atoms with Crippen LogP contribution in [0.4, 0.5) is 0 Å². The number of hydrogen-bond donors (Lipinski definition) is 1. The van der Waals surface area contributed by atoms with Crippen molar-refractivity contribution in [3.8, 4) is 5.88 Å². The van der Waals surface area contributed by atoms with Crippen LogP contribution in [-0.4, -0.2) is 11.6 Å². The van der Waals surface area contributed by atoms with E-state index in [0.29, 0.717) is 5.88 Å². The average Bonchev–Trinajstić information content (AvgIpc) is 2.38. The van der Waals surface area contributed by atoms with E-state index in [1.54, 1.807) is 6.20 Å². The molecule has 1 heterocycles. The Morgan fingerprint density at radius 1 is 1.22 bits per heavy atom. The Bertz CT molecular complexity index is 326. The first-order valence-corrected chi connectivity index (χ1v) is 7.08. The first-order chi connectivity index (χ1) is 8.74. The molecule has 1 rings (SSSR count). The number of ether oxygens (including phenoxy) is 1. The monoisotopic (exact) mass is 250 g/mol. The summed E-state index contributed by atoms with van der Waals surface area (Å²) in [5.74, 6) is 0.693. The third-order valence-electron chi connectivity index (χ3n) is 3.03. The molecule has 0 radical (unpaired) electrons. The van der Waals surface area contributed by atoms with Crippen molar-refractivity contribution in [2.24, 2.45) is 5.73 Å². The molecule has 1 atom stereocenters. The molecule has 0 aliphatic carbocycles. The fourth-order valence-electron chi connectivity index (χ4n) is 1.85. The molecule has 2 N–H and O–H groups in total. The lowest BCUT2D eigenvalue weighted by Crippen LogP contribution is -2.06. The van der Waals surface area contributed by atoms with E-state index in [1.165, 1.54) is 32.1 Å². The molecule has 0 bridgehead atoms. The highest BCUT2D eigenvalue weighted by molar-refractivity contribution is 5.22. The summed E-state index contributed by atoms with van der Waals surface area (Å²) < 4.78 is 5.64. The lowest BCUT2D eigenvalue weighted by molar-refractivity contribution is 0.293. The van der Waals surface area contributed by atoms with Crippen LogP contribution in [0.3, 0.4) is 0 Å². The van der Waals surface area contributed by atoms with Gasteiger partial charge in [-0.2, -0.15) is 0 Å². The van der Waals surface area contributed by atoms with Crippen LogP contribution in [0.2, 0.25) is 0 Å². The van der Waals surface area contributed by atoms with Gasteiger partial charge in [-0.25, -0.2) is 4.98 Å². The van der Waals surface area contributed by atoms with Crippen molar-refractivity contribution in [1.82, 2.24) is 4.98 Å². The van der Waals surface area contributed by atoms with Crippen molar-refractivity contribution in [2.75, 3.05) is 6.61 Å². The highest BCUT2D eigenvalue weighted by Crippen LogP contribution is 2.15. The van der Waals surface area contributed by atoms with E-state index in [0.717, 1.165) is 18.6 Å². The summed E-state index contributed by atoms with van der Waals surface area (Å²) in [5, 5.41) is 0. The Morgan fingerprint density at radius 3 is 2.67 bits per heavy atom. The normalized spacial score (nSPS) is 12.4. The van der Waals surface area contributed by atoms with Crippen LogP contribution in [-0.2, 0) is 0 Å². The molecule has 102 valence electrons. The number of hydrogen-bond acceptors (Lipinski definition) is 3. The van der Waals surface area contributed by atoms with Gasteiger partial charge in [-0.05, 0) is 25.0 Å².